The Bertz CT molecular complexity index is 440. The van der Waals surface area contributed by atoms with Crippen molar-refractivity contribution in [1.29, 1.82) is 5.26 Å². The highest BCUT2D eigenvalue weighted by Gasteiger charge is 2.43. The molecule has 3 nitrogen and oxygen atoms in total. The minimum Gasteiger partial charge on any atom is -0.385 e. The second-order valence-electron chi connectivity index (χ2n) is 4.98. The Labute approximate surface area is 102 Å². The van der Waals surface area contributed by atoms with E-state index in [2.05, 4.69) is 11.4 Å². The van der Waals surface area contributed by atoms with Crippen molar-refractivity contribution >= 4 is 0 Å². The summed E-state index contributed by atoms with van der Waals surface area (Å²) in [7, 11) is 0. The van der Waals surface area contributed by atoms with E-state index in [1.54, 1.807) is 12.1 Å². The van der Waals surface area contributed by atoms with Crippen molar-refractivity contribution in [1.82, 2.24) is 5.32 Å². The molecule has 1 unspecified atom stereocenters. The molecule has 1 aliphatic heterocycles. The van der Waals surface area contributed by atoms with Gasteiger partial charge in [-0.2, -0.15) is 5.26 Å². The Morgan fingerprint density at radius 3 is 2.59 bits per heavy atom. The lowest BCUT2D eigenvalue weighted by Gasteiger charge is -2.44. The highest BCUT2D eigenvalue weighted by molar-refractivity contribution is 5.36. The van der Waals surface area contributed by atoms with Gasteiger partial charge in [-0.3, -0.25) is 0 Å². The van der Waals surface area contributed by atoms with Crippen molar-refractivity contribution in [3.63, 3.8) is 0 Å². The Hall–Kier alpha value is -1.37. The van der Waals surface area contributed by atoms with E-state index < -0.39 is 5.60 Å². The second-order valence-corrected chi connectivity index (χ2v) is 4.98. The number of piperidine rings is 1. The van der Waals surface area contributed by atoms with Crippen LogP contribution in [0, 0.1) is 23.2 Å². The third-order valence-electron chi connectivity index (χ3n) is 3.86. The summed E-state index contributed by atoms with van der Waals surface area (Å²) in [6.45, 7) is 5.69. The number of aliphatic hydroxyl groups is 1. The van der Waals surface area contributed by atoms with E-state index in [0.29, 0.717) is 5.56 Å². The fraction of sp³-hybridized carbons (Fsp3) is 0.500. The van der Waals surface area contributed by atoms with Gasteiger partial charge >= 0.3 is 0 Å². The molecule has 1 aromatic rings. The predicted octanol–water partition coefficient (Wildman–Crippen LogP) is 1.62. The minimum atomic E-state index is -0.835. The maximum Gasteiger partial charge on any atom is 0.0991 e. The zero-order valence-corrected chi connectivity index (χ0v) is 10.3. The Morgan fingerprint density at radius 1 is 1.35 bits per heavy atom. The number of rotatable bonds is 1. The topological polar surface area (TPSA) is 56.0 Å². The maximum absolute atomic E-state index is 11.0. The van der Waals surface area contributed by atoms with Gasteiger partial charge in [0, 0.05) is 24.9 Å². The Kier molecular flexibility index (Phi) is 3.19. The van der Waals surface area contributed by atoms with Gasteiger partial charge in [0.1, 0.15) is 0 Å². The molecule has 1 heterocycles. The number of nitriles is 1. The molecule has 0 saturated carbocycles. The maximum atomic E-state index is 11.0. The quantitative estimate of drug-likeness (QED) is 0.771. The van der Waals surface area contributed by atoms with E-state index >= 15 is 0 Å². The highest BCUT2D eigenvalue weighted by Crippen LogP contribution is 2.38. The predicted molar refractivity (Wildman–Crippen MR) is 66.3 cm³/mol. The van der Waals surface area contributed by atoms with Crippen LogP contribution in [0.3, 0.4) is 0 Å². The van der Waals surface area contributed by atoms with Crippen molar-refractivity contribution in [3.8, 4) is 6.07 Å². The van der Waals surface area contributed by atoms with Gasteiger partial charge in [-0.1, -0.05) is 26.0 Å². The smallest absolute Gasteiger partial charge is 0.0991 e. The van der Waals surface area contributed by atoms with Crippen LogP contribution in [0.25, 0.3) is 0 Å². The zero-order chi connectivity index (χ0) is 12.5. The lowest BCUT2D eigenvalue weighted by molar-refractivity contribution is -0.0807. The van der Waals surface area contributed by atoms with Crippen LogP contribution in [0.2, 0.25) is 0 Å². The van der Waals surface area contributed by atoms with E-state index in [1.165, 1.54) is 0 Å². The molecule has 1 saturated heterocycles. The molecule has 0 amide bonds. The third kappa shape index (κ3) is 1.95. The van der Waals surface area contributed by atoms with Gasteiger partial charge in [-0.15, -0.1) is 0 Å². The van der Waals surface area contributed by atoms with Crippen LogP contribution in [-0.4, -0.2) is 18.2 Å². The average Bonchev–Trinajstić information content (AvgIpc) is 2.36. The lowest BCUT2D eigenvalue weighted by Crippen LogP contribution is -2.52. The molecule has 2 N–H and O–H groups in total. The Balaban J connectivity index is 2.45. The highest BCUT2D eigenvalue weighted by atomic mass is 16.3. The molecule has 0 aromatic heterocycles. The normalized spacial score (nSPS) is 33.1. The summed E-state index contributed by atoms with van der Waals surface area (Å²) in [4.78, 5) is 0. The number of benzene rings is 1. The van der Waals surface area contributed by atoms with Crippen molar-refractivity contribution in [2.75, 3.05) is 13.1 Å². The first-order valence-corrected chi connectivity index (χ1v) is 6.02. The van der Waals surface area contributed by atoms with Gasteiger partial charge in [0.15, 0.2) is 0 Å². The molecule has 3 atom stereocenters. The molecule has 17 heavy (non-hydrogen) atoms. The van der Waals surface area contributed by atoms with Crippen LogP contribution in [-0.2, 0) is 5.60 Å². The monoisotopic (exact) mass is 230 g/mol. The van der Waals surface area contributed by atoms with E-state index in [1.807, 2.05) is 26.0 Å². The number of hydrogen-bond donors (Lipinski definition) is 2. The largest absolute Gasteiger partial charge is 0.385 e. The lowest BCUT2D eigenvalue weighted by atomic mass is 9.71. The molecular weight excluding hydrogens is 212 g/mol. The van der Waals surface area contributed by atoms with Gasteiger partial charge in [0.05, 0.1) is 17.2 Å². The second kappa shape index (κ2) is 4.48. The molecular formula is C14H18N2O. The zero-order valence-electron chi connectivity index (χ0n) is 10.3. The van der Waals surface area contributed by atoms with Crippen LogP contribution < -0.4 is 5.32 Å². The summed E-state index contributed by atoms with van der Waals surface area (Å²) < 4.78 is 0. The summed E-state index contributed by atoms with van der Waals surface area (Å²) >= 11 is 0. The molecule has 1 fully saturated rings. The van der Waals surface area contributed by atoms with Crippen LogP contribution in [0.5, 0.6) is 0 Å². The SMILES string of the molecule is C[C@@H]1CNC[C@H](C)C1(O)c1cccc(C#N)c1. The summed E-state index contributed by atoms with van der Waals surface area (Å²) in [5.41, 5.74) is 0.630. The van der Waals surface area contributed by atoms with E-state index in [0.717, 1.165) is 18.7 Å². The number of nitrogens with zero attached hydrogens (tertiary/aromatic N) is 1. The molecule has 3 heteroatoms. The summed E-state index contributed by atoms with van der Waals surface area (Å²) in [5.74, 6) is 0.278. The molecule has 1 aliphatic rings. The van der Waals surface area contributed by atoms with Crippen LogP contribution in [0.4, 0.5) is 0 Å². The van der Waals surface area contributed by atoms with Crippen LogP contribution in [0.1, 0.15) is 25.0 Å². The van der Waals surface area contributed by atoms with Gasteiger partial charge in [0.2, 0.25) is 0 Å². The standard InChI is InChI=1S/C14H18N2O/c1-10-8-16-9-11(2)14(10,17)13-5-3-4-12(6-13)7-15/h3-6,10-11,16-17H,8-9H2,1-2H3/t10-,11+,14?. The third-order valence-corrected chi connectivity index (χ3v) is 3.86. The number of nitrogens with one attached hydrogen (secondary N) is 1. The summed E-state index contributed by atoms with van der Waals surface area (Å²) in [5, 5.41) is 23.2. The first-order valence-electron chi connectivity index (χ1n) is 6.02. The van der Waals surface area contributed by atoms with Gasteiger partial charge in [-0.05, 0) is 17.7 Å². The van der Waals surface area contributed by atoms with E-state index in [9.17, 15) is 5.11 Å². The first kappa shape index (κ1) is 12.1. The molecule has 0 radical (unpaired) electrons. The van der Waals surface area contributed by atoms with E-state index in [-0.39, 0.29) is 11.8 Å². The van der Waals surface area contributed by atoms with Crippen LogP contribution in [0.15, 0.2) is 24.3 Å². The van der Waals surface area contributed by atoms with Crippen molar-refractivity contribution in [2.45, 2.75) is 19.4 Å². The van der Waals surface area contributed by atoms with Crippen LogP contribution >= 0.6 is 0 Å². The van der Waals surface area contributed by atoms with Crippen molar-refractivity contribution < 1.29 is 5.11 Å². The van der Waals surface area contributed by atoms with Crippen molar-refractivity contribution in [3.05, 3.63) is 35.4 Å². The minimum absolute atomic E-state index is 0.139. The molecule has 0 bridgehead atoms. The molecule has 0 aliphatic carbocycles. The average molecular weight is 230 g/mol. The molecule has 90 valence electrons. The fourth-order valence-corrected chi connectivity index (χ4v) is 2.72. The van der Waals surface area contributed by atoms with Gasteiger partial charge in [0.25, 0.3) is 0 Å². The summed E-state index contributed by atoms with van der Waals surface area (Å²) in [6.07, 6.45) is 0. The molecule has 0 spiro atoms. The van der Waals surface area contributed by atoms with E-state index in [4.69, 9.17) is 5.26 Å². The van der Waals surface area contributed by atoms with Crippen molar-refractivity contribution in [2.24, 2.45) is 11.8 Å². The molecule has 1 aromatic carbocycles. The molecule has 2 rings (SSSR count). The number of hydrogen-bond acceptors (Lipinski definition) is 3. The van der Waals surface area contributed by atoms with Gasteiger partial charge in [-0.25, -0.2) is 0 Å². The summed E-state index contributed by atoms with van der Waals surface area (Å²) in [6, 6.07) is 9.45. The van der Waals surface area contributed by atoms with Gasteiger partial charge < -0.3 is 10.4 Å². The first-order chi connectivity index (χ1) is 8.09. The fourth-order valence-electron chi connectivity index (χ4n) is 2.72. The Morgan fingerprint density at radius 2 is 2.00 bits per heavy atom.